The van der Waals surface area contributed by atoms with Crippen LogP contribution in [0.3, 0.4) is 0 Å². The average molecular weight is 1050 g/mol. The Hall–Kier alpha value is -4.19. The lowest BCUT2D eigenvalue weighted by molar-refractivity contribution is -0.167. The van der Waals surface area contributed by atoms with Gasteiger partial charge in [0.2, 0.25) is 0 Å². The predicted octanol–water partition coefficient (Wildman–Crippen LogP) is 21.6. The molecular formula is C70H116O6. The quantitative estimate of drug-likeness (QED) is 0.0261. The summed E-state index contributed by atoms with van der Waals surface area (Å²) in [5.74, 6) is -0.941. The van der Waals surface area contributed by atoms with Gasteiger partial charge in [-0.15, -0.1) is 0 Å². The Morgan fingerprint density at radius 2 is 0.513 bits per heavy atom. The average Bonchev–Trinajstić information content (AvgIpc) is 3.42. The van der Waals surface area contributed by atoms with Gasteiger partial charge in [0, 0.05) is 19.3 Å². The molecular weight excluding hydrogens is 937 g/mol. The second kappa shape index (κ2) is 63.3. The molecule has 0 radical (unpaired) electrons. The topological polar surface area (TPSA) is 78.9 Å². The summed E-state index contributed by atoms with van der Waals surface area (Å²) in [6.07, 6.45) is 87.7. The second-order valence-corrected chi connectivity index (χ2v) is 20.6. The first-order chi connectivity index (χ1) is 37.5. The Bertz CT molecular complexity index is 1590. The van der Waals surface area contributed by atoms with Crippen LogP contribution in [0.4, 0.5) is 0 Å². The maximum Gasteiger partial charge on any atom is 0.306 e. The highest BCUT2D eigenvalue weighted by atomic mass is 16.6. The predicted molar refractivity (Wildman–Crippen MR) is 330 cm³/mol. The summed E-state index contributed by atoms with van der Waals surface area (Å²) in [6.45, 7) is 6.46. The Morgan fingerprint density at radius 3 is 0.855 bits per heavy atom. The van der Waals surface area contributed by atoms with Crippen LogP contribution in [0, 0.1) is 0 Å². The fraction of sp³-hybridized carbons (Fsp3) is 0.671. The third-order valence-electron chi connectivity index (χ3n) is 13.2. The van der Waals surface area contributed by atoms with Gasteiger partial charge in [-0.3, -0.25) is 14.4 Å². The lowest BCUT2D eigenvalue weighted by atomic mass is 10.1. The molecule has 0 saturated carbocycles. The fourth-order valence-electron chi connectivity index (χ4n) is 8.45. The van der Waals surface area contributed by atoms with Gasteiger partial charge in [0.25, 0.3) is 0 Å². The highest BCUT2D eigenvalue weighted by molar-refractivity contribution is 5.71. The zero-order valence-corrected chi connectivity index (χ0v) is 49.5. The van der Waals surface area contributed by atoms with Crippen molar-refractivity contribution in [2.75, 3.05) is 13.2 Å². The van der Waals surface area contributed by atoms with E-state index in [0.717, 1.165) is 128 Å². The van der Waals surface area contributed by atoms with Crippen molar-refractivity contribution in [1.82, 2.24) is 0 Å². The lowest BCUT2D eigenvalue weighted by Crippen LogP contribution is -2.30. The molecule has 6 nitrogen and oxygen atoms in total. The smallest absolute Gasteiger partial charge is 0.306 e. The molecule has 0 fully saturated rings. The third kappa shape index (κ3) is 60.7. The van der Waals surface area contributed by atoms with Crippen LogP contribution in [0.15, 0.2) is 122 Å². The molecule has 0 aromatic carbocycles. The molecule has 0 aliphatic rings. The number of esters is 3. The molecule has 432 valence electrons. The molecule has 0 aliphatic heterocycles. The number of rotatable bonds is 56. The van der Waals surface area contributed by atoms with Crippen molar-refractivity contribution in [3.8, 4) is 0 Å². The van der Waals surface area contributed by atoms with Crippen LogP contribution in [0.2, 0.25) is 0 Å². The summed E-state index contributed by atoms with van der Waals surface area (Å²) < 4.78 is 16.9. The van der Waals surface area contributed by atoms with E-state index in [1.54, 1.807) is 0 Å². The molecule has 1 atom stereocenters. The van der Waals surface area contributed by atoms with E-state index in [4.69, 9.17) is 14.2 Å². The molecule has 0 aliphatic carbocycles. The monoisotopic (exact) mass is 1050 g/mol. The summed E-state index contributed by atoms with van der Waals surface area (Å²) in [5, 5.41) is 0. The van der Waals surface area contributed by atoms with Gasteiger partial charge < -0.3 is 14.2 Å². The number of allylic oxidation sites excluding steroid dienone is 20. The lowest BCUT2D eigenvalue weighted by Gasteiger charge is -2.18. The number of carbonyl (C=O) groups excluding carboxylic acids is 3. The number of ether oxygens (including phenoxy) is 3. The van der Waals surface area contributed by atoms with Gasteiger partial charge >= 0.3 is 17.9 Å². The van der Waals surface area contributed by atoms with Crippen LogP contribution in [-0.2, 0) is 28.6 Å². The minimum Gasteiger partial charge on any atom is -0.462 e. The minimum absolute atomic E-state index is 0.0969. The van der Waals surface area contributed by atoms with E-state index < -0.39 is 6.10 Å². The van der Waals surface area contributed by atoms with Crippen molar-refractivity contribution in [2.45, 2.75) is 290 Å². The largest absolute Gasteiger partial charge is 0.462 e. The Balaban J connectivity index is 4.42. The molecule has 0 spiro atoms. The first kappa shape index (κ1) is 71.8. The summed E-state index contributed by atoms with van der Waals surface area (Å²) in [7, 11) is 0. The van der Waals surface area contributed by atoms with Crippen molar-refractivity contribution in [1.29, 1.82) is 0 Å². The maximum absolute atomic E-state index is 12.9. The van der Waals surface area contributed by atoms with Gasteiger partial charge in [-0.05, 0) is 135 Å². The van der Waals surface area contributed by atoms with Gasteiger partial charge in [-0.2, -0.15) is 0 Å². The number of hydrogen-bond donors (Lipinski definition) is 0. The zero-order valence-electron chi connectivity index (χ0n) is 49.5. The Kier molecular flexibility index (Phi) is 59.9. The minimum atomic E-state index is -0.802. The second-order valence-electron chi connectivity index (χ2n) is 20.6. The van der Waals surface area contributed by atoms with Crippen molar-refractivity contribution in [3.63, 3.8) is 0 Å². The Labute approximate surface area is 469 Å². The van der Waals surface area contributed by atoms with Crippen molar-refractivity contribution < 1.29 is 28.6 Å². The zero-order chi connectivity index (χ0) is 55.0. The molecule has 0 aromatic rings. The van der Waals surface area contributed by atoms with E-state index in [1.165, 1.54) is 116 Å². The van der Waals surface area contributed by atoms with Gasteiger partial charge in [-0.25, -0.2) is 0 Å². The van der Waals surface area contributed by atoms with Crippen LogP contribution in [-0.4, -0.2) is 37.2 Å². The molecule has 0 heterocycles. The molecule has 0 amide bonds. The van der Waals surface area contributed by atoms with E-state index in [2.05, 4.69) is 142 Å². The van der Waals surface area contributed by atoms with E-state index in [0.29, 0.717) is 19.3 Å². The molecule has 0 N–H and O–H groups in total. The molecule has 76 heavy (non-hydrogen) atoms. The van der Waals surface area contributed by atoms with E-state index in [-0.39, 0.29) is 31.1 Å². The fourth-order valence-corrected chi connectivity index (χ4v) is 8.45. The summed E-state index contributed by atoms with van der Waals surface area (Å²) in [6, 6.07) is 0. The normalized spacial score (nSPS) is 12.9. The number of carbonyl (C=O) groups is 3. The first-order valence-electron chi connectivity index (χ1n) is 31.5. The molecule has 0 saturated heterocycles. The maximum atomic E-state index is 12.9. The molecule has 6 heteroatoms. The Morgan fingerprint density at radius 1 is 0.276 bits per heavy atom. The van der Waals surface area contributed by atoms with E-state index in [1.807, 2.05) is 0 Å². The van der Waals surface area contributed by atoms with Gasteiger partial charge in [0.05, 0.1) is 0 Å². The van der Waals surface area contributed by atoms with Gasteiger partial charge in [0.15, 0.2) is 6.10 Å². The van der Waals surface area contributed by atoms with Crippen LogP contribution in [0.5, 0.6) is 0 Å². The van der Waals surface area contributed by atoms with Crippen LogP contribution >= 0.6 is 0 Å². The van der Waals surface area contributed by atoms with Crippen LogP contribution in [0.25, 0.3) is 0 Å². The molecule has 1 unspecified atom stereocenters. The first-order valence-corrected chi connectivity index (χ1v) is 31.5. The highest BCUT2D eigenvalue weighted by Gasteiger charge is 2.19. The van der Waals surface area contributed by atoms with E-state index in [9.17, 15) is 14.4 Å². The van der Waals surface area contributed by atoms with Crippen molar-refractivity contribution >= 4 is 17.9 Å². The van der Waals surface area contributed by atoms with Crippen molar-refractivity contribution in [3.05, 3.63) is 122 Å². The van der Waals surface area contributed by atoms with Crippen LogP contribution in [0.1, 0.15) is 284 Å². The molecule has 0 bridgehead atoms. The van der Waals surface area contributed by atoms with Crippen molar-refractivity contribution in [2.24, 2.45) is 0 Å². The highest BCUT2D eigenvalue weighted by Crippen LogP contribution is 2.15. The van der Waals surface area contributed by atoms with E-state index >= 15 is 0 Å². The molecule has 0 aromatic heterocycles. The SMILES string of the molecule is CC/C=C\C/C=C\C/C=C\C/C=C\C/C=C\C/C=C\C/C=C\CCCCCC(=O)OCC(COC(=O)CCCCCCC/C=C\CCCCC)OC(=O)CCCCCCCCCCC/C=C\C/C=C\CCCCCCC. The summed E-state index contributed by atoms with van der Waals surface area (Å²) in [4.78, 5) is 38.3. The number of hydrogen-bond acceptors (Lipinski definition) is 6. The third-order valence-corrected chi connectivity index (χ3v) is 13.2. The summed E-state index contributed by atoms with van der Waals surface area (Å²) in [5.41, 5.74) is 0. The standard InChI is InChI=1S/C70H116O6/c1-4-7-10-13-16-19-22-25-27-29-31-33-34-35-36-38-39-41-43-45-48-51-54-57-60-63-69(72)75-66-67(65-74-68(71)62-59-56-53-50-47-24-21-18-15-12-9-6-3)76-70(73)64-61-58-55-52-49-46-44-42-40-37-32-30-28-26-23-20-17-14-11-8-5-2/h7,10,16,18-19,21,23,25-27,30-33,35-36,39,41,45,48,67H,4-6,8-9,11-15,17,20,22,24,28-29,34,37-38,40,42-44,46-47,49-66H2,1-3H3/b10-7-,19-16-,21-18-,26-23-,27-25-,32-30-,33-31-,36-35-,41-39-,48-45-. The number of unbranched alkanes of at least 4 members (excludes halogenated alkanes) is 25. The molecule has 0 rings (SSSR count). The van der Waals surface area contributed by atoms with Gasteiger partial charge in [-0.1, -0.05) is 251 Å². The van der Waals surface area contributed by atoms with Gasteiger partial charge in [0.1, 0.15) is 13.2 Å². The summed E-state index contributed by atoms with van der Waals surface area (Å²) >= 11 is 0. The van der Waals surface area contributed by atoms with Crippen LogP contribution < -0.4 is 0 Å².